The van der Waals surface area contributed by atoms with E-state index in [1.54, 1.807) is 12.4 Å². The van der Waals surface area contributed by atoms with Crippen molar-refractivity contribution in [2.75, 3.05) is 19.6 Å². The number of para-hydroxylation sites is 1. The minimum absolute atomic E-state index is 0.114. The number of nitrogens with one attached hydrogen (secondary N) is 2. The first-order valence-corrected chi connectivity index (χ1v) is 12.1. The summed E-state index contributed by atoms with van der Waals surface area (Å²) in [6.45, 7) is 4.26. The summed E-state index contributed by atoms with van der Waals surface area (Å²) in [5, 5.41) is 4.27. The maximum absolute atomic E-state index is 13.0. The monoisotopic (exact) mass is 444 g/mol. The molecule has 0 bridgehead atoms. The van der Waals surface area contributed by atoms with Crippen LogP contribution in [0.2, 0.25) is 0 Å². The van der Waals surface area contributed by atoms with Crippen molar-refractivity contribution >= 4 is 22.7 Å². The fourth-order valence-corrected chi connectivity index (χ4v) is 5.47. The lowest BCUT2D eigenvalue weighted by atomic mass is 9.90. The SMILES string of the molecule is Cc1[nH]c2ccccc2c1CC(=O)N1CCC2(CC1)CC2C(=O)NCCCc1ccncc1. The topological polar surface area (TPSA) is 78.1 Å². The molecule has 0 radical (unpaired) electrons. The second-order valence-corrected chi connectivity index (χ2v) is 9.70. The Balaban J connectivity index is 1.08. The molecule has 1 unspecified atom stereocenters. The highest BCUT2D eigenvalue weighted by Gasteiger charge is 2.58. The maximum atomic E-state index is 13.0. The number of pyridine rings is 1. The van der Waals surface area contributed by atoms with Crippen molar-refractivity contribution in [3.8, 4) is 0 Å². The first kappa shape index (κ1) is 21.7. The number of amides is 2. The number of aromatic nitrogens is 2. The Labute approximate surface area is 194 Å². The molecule has 1 aliphatic carbocycles. The summed E-state index contributed by atoms with van der Waals surface area (Å²) in [6, 6.07) is 12.2. The van der Waals surface area contributed by atoms with Gasteiger partial charge in [-0.2, -0.15) is 0 Å². The van der Waals surface area contributed by atoms with Crippen LogP contribution in [-0.4, -0.2) is 46.3 Å². The van der Waals surface area contributed by atoms with Crippen LogP contribution in [-0.2, 0) is 22.4 Å². The van der Waals surface area contributed by atoms with Gasteiger partial charge in [-0.15, -0.1) is 0 Å². The van der Waals surface area contributed by atoms with E-state index in [-0.39, 0.29) is 23.1 Å². The molecule has 3 heterocycles. The first-order chi connectivity index (χ1) is 16.1. The molecule has 6 heteroatoms. The van der Waals surface area contributed by atoms with Gasteiger partial charge in [0.2, 0.25) is 11.8 Å². The molecule has 1 aromatic carbocycles. The Morgan fingerprint density at radius 1 is 1.15 bits per heavy atom. The summed E-state index contributed by atoms with van der Waals surface area (Å²) in [5.41, 5.74) is 4.63. The number of hydrogen-bond acceptors (Lipinski definition) is 3. The standard InChI is InChI=1S/C27H32N4O2/c1-19-22(21-6-2-3-7-24(21)30-19)17-25(32)31-15-10-27(11-16-31)18-23(27)26(33)29-12-4-5-20-8-13-28-14-9-20/h2-3,6-9,13-14,23,30H,4-5,10-12,15-18H2,1H3,(H,29,33). The Kier molecular flexibility index (Phi) is 5.92. The minimum Gasteiger partial charge on any atom is -0.358 e. The second-order valence-electron chi connectivity index (χ2n) is 9.70. The van der Waals surface area contributed by atoms with Crippen molar-refractivity contribution in [2.45, 2.75) is 45.4 Å². The number of nitrogens with zero attached hydrogens (tertiary/aromatic N) is 2. The van der Waals surface area contributed by atoms with E-state index in [9.17, 15) is 9.59 Å². The Hall–Kier alpha value is -3.15. The van der Waals surface area contributed by atoms with Gasteiger partial charge < -0.3 is 15.2 Å². The lowest BCUT2D eigenvalue weighted by molar-refractivity contribution is -0.132. The molecule has 2 aromatic heterocycles. The Morgan fingerprint density at radius 3 is 2.70 bits per heavy atom. The quantitative estimate of drug-likeness (QED) is 0.544. The zero-order valence-electron chi connectivity index (χ0n) is 19.3. The van der Waals surface area contributed by atoms with E-state index in [0.29, 0.717) is 13.0 Å². The fourth-order valence-electron chi connectivity index (χ4n) is 5.47. The van der Waals surface area contributed by atoms with Crippen LogP contribution in [0.15, 0.2) is 48.8 Å². The van der Waals surface area contributed by atoms with Gasteiger partial charge in [0.1, 0.15) is 0 Å². The van der Waals surface area contributed by atoms with Crippen LogP contribution in [0.3, 0.4) is 0 Å². The molecule has 2 N–H and O–H groups in total. The molecular formula is C27H32N4O2. The van der Waals surface area contributed by atoms with Gasteiger partial charge in [-0.3, -0.25) is 14.6 Å². The highest BCUT2D eigenvalue weighted by molar-refractivity contribution is 5.90. The Bertz CT molecular complexity index is 1150. The molecule has 2 amide bonds. The summed E-state index contributed by atoms with van der Waals surface area (Å²) in [7, 11) is 0. The number of aryl methyl sites for hydroxylation is 2. The highest BCUT2D eigenvalue weighted by Crippen LogP contribution is 2.59. The van der Waals surface area contributed by atoms with Gasteiger partial charge in [0.15, 0.2) is 0 Å². The molecule has 1 saturated heterocycles. The van der Waals surface area contributed by atoms with Crippen molar-refractivity contribution in [2.24, 2.45) is 11.3 Å². The number of likely N-dealkylation sites (tertiary alicyclic amines) is 1. The van der Waals surface area contributed by atoms with Gasteiger partial charge in [0, 0.05) is 54.5 Å². The molecule has 3 aromatic rings. The third kappa shape index (κ3) is 4.52. The molecule has 1 aliphatic heterocycles. The van der Waals surface area contributed by atoms with Crippen LogP contribution in [0.4, 0.5) is 0 Å². The van der Waals surface area contributed by atoms with E-state index in [1.165, 1.54) is 5.56 Å². The number of H-pyrrole nitrogens is 1. The van der Waals surface area contributed by atoms with Crippen molar-refractivity contribution < 1.29 is 9.59 Å². The van der Waals surface area contributed by atoms with Crippen molar-refractivity contribution in [1.82, 2.24) is 20.2 Å². The summed E-state index contributed by atoms with van der Waals surface area (Å²) < 4.78 is 0. The van der Waals surface area contributed by atoms with Gasteiger partial charge in [-0.25, -0.2) is 0 Å². The van der Waals surface area contributed by atoms with Crippen molar-refractivity contribution in [3.05, 3.63) is 65.6 Å². The summed E-state index contributed by atoms with van der Waals surface area (Å²) in [4.78, 5) is 35.1. The molecule has 33 heavy (non-hydrogen) atoms. The van der Waals surface area contributed by atoms with Crippen LogP contribution >= 0.6 is 0 Å². The largest absolute Gasteiger partial charge is 0.358 e. The van der Waals surface area contributed by atoms with Crippen molar-refractivity contribution in [1.29, 1.82) is 0 Å². The second kappa shape index (κ2) is 9.00. The minimum atomic E-state index is 0.114. The number of piperidine rings is 1. The number of aromatic amines is 1. The molecule has 2 fully saturated rings. The van der Waals surface area contributed by atoms with Gasteiger partial charge >= 0.3 is 0 Å². The van der Waals surface area contributed by atoms with E-state index in [0.717, 1.165) is 67.4 Å². The van der Waals surface area contributed by atoms with E-state index in [1.807, 2.05) is 36.1 Å². The maximum Gasteiger partial charge on any atom is 0.227 e. The zero-order valence-corrected chi connectivity index (χ0v) is 19.3. The molecule has 2 aliphatic rings. The summed E-state index contributed by atoms with van der Waals surface area (Å²) >= 11 is 0. The lowest BCUT2D eigenvalue weighted by Gasteiger charge is -2.33. The Morgan fingerprint density at radius 2 is 1.91 bits per heavy atom. The average molecular weight is 445 g/mol. The summed E-state index contributed by atoms with van der Waals surface area (Å²) in [6.07, 6.45) is 8.76. The average Bonchev–Trinajstić information content (AvgIpc) is 3.45. The van der Waals surface area contributed by atoms with E-state index < -0.39 is 0 Å². The number of hydrogen-bond donors (Lipinski definition) is 2. The van der Waals surface area contributed by atoms with Gasteiger partial charge in [0.05, 0.1) is 6.42 Å². The van der Waals surface area contributed by atoms with Gasteiger partial charge in [-0.05, 0) is 73.8 Å². The lowest BCUT2D eigenvalue weighted by Crippen LogP contribution is -2.41. The first-order valence-electron chi connectivity index (χ1n) is 12.1. The molecule has 172 valence electrons. The molecule has 1 spiro atoms. The molecule has 6 nitrogen and oxygen atoms in total. The predicted octanol–water partition coefficient (Wildman–Crippen LogP) is 3.79. The number of benzene rings is 1. The van der Waals surface area contributed by atoms with E-state index in [2.05, 4.69) is 27.4 Å². The van der Waals surface area contributed by atoms with Crippen LogP contribution in [0, 0.1) is 18.3 Å². The summed E-state index contributed by atoms with van der Waals surface area (Å²) in [5.74, 6) is 0.501. The number of carbonyl (C=O) groups excluding carboxylic acids is 2. The number of carbonyl (C=O) groups is 2. The zero-order chi connectivity index (χ0) is 22.8. The van der Waals surface area contributed by atoms with Crippen LogP contribution in [0.5, 0.6) is 0 Å². The smallest absolute Gasteiger partial charge is 0.227 e. The van der Waals surface area contributed by atoms with Crippen molar-refractivity contribution in [3.63, 3.8) is 0 Å². The third-order valence-electron chi connectivity index (χ3n) is 7.66. The molecule has 5 rings (SSSR count). The molecule has 1 atom stereocenters. The normalized spacial score (nSPS) is 19.1. The van der Waals surface area contributed by atoms with Gasteiger partial charge in [-0.1, -0.05) is 18.2 Å². The number of rotatable bonds is 7. The predicted molar refractivity (Wildman–Crippen MR) is 129 cm³/mol. The van der Waals surface area contributed by atoms with Crippen LogP contribution < -0.4 is 5.32 Å². The third-order valence-corrected chi connectivity index (χ3v) is 7.66. The molecular weight excluding hydrogens is 412 g/mol. The molecule has 1 saturated carbocycles. The van der Waals surface area contributed by atoms with Gasteiger partial charge in [0.25, 0.3) is 0 Å². The fraction of sp³-hybridized carbons (Fsp3) is 0.444. The van der Waals surface area contributed by atoms with Crippen LogP contribution in [0.25, 0.3) is 10.9 Å². The van der Waals surface area contributed by atoms with Crippen LogP contribution in [0.1, 0.15) is 42.5 Å². The van der Waals surface area contributed by atoms with E-state index >= 15 is 0 Å². The highest BCUT2D eigenvalue weighted by atomic mass is 16.2. The van der Waals surface area contributed by atoms with E-state index in [4.69, 9.17) is 0 Å². The number of fused-ring (bicyclic) bond motifs is 1.